The number of rotatable bonds is 1. The molecule has 0 fully saturated rings. The fourth-order valence-corrected chi connectivity index (χ4v) is 1.24. The van der Waals surface area contributed by atoms with E-state index in [-0.39, 0.29) is 6.61 Å². The van der Waals surface area contributed by atoms with E-state index >= 15 is 0 Å². The Bertz CT molecular complexity index is 392. The molecule has 0 saturated heterocycles. The highest BCUT2D eigenvalue weighted by Gasteiger charge is 2.16. The number of nitrogens with zero attached hydrogens (tertiary/aromatic N) is 1. The van der Waals surface area contributed by atoms with Crippen LogP contribution in [0, 0.1) is 0 Å². The molecule has 0 atom stereocenters. The SMILES string of the molecule is NC1=Nc2cc(B(O)O)ccc2OC1. The molecule has 0 spiro atoms. The van der Waals surface area contributed by atoms with Gasteiger partial charge < -0.3 is 20.5 Å². The number of ether oxygens (including phenoxy) is 1. The molecular formula is C8H9BN2O3. The van der Waals surface area contributed by atoms with Crippen molar-refractivity contribution in [2.24, 2.45) is 10.7 Å². The van der Waals surface area contributed by atoms with Crippen molar-refractivity contribution in [1.82, 2.24) is 0 Å². The molecule has 0 bridgehead atoms. The van der Waals surface area contributed by atoms with E-state index in [0.717, 1.165) is 0 Å². The van der Waals surface area contributed by atoms with Crippen LogP contribution in [-0.2, 0) is 0 Å². The molecule has 0 radical (unpaired) electrons. The Kier molecular flexibility index (Phi) is 2.15. The van der Waals surface area contributed by atoms with Crippen molar-refractivity contribution in [2.45, 2.75) is 0 Å². The fraction of sp³-hybridized carbons (Fsp3) is 0.125. The van der Waals surface area contributed by atoms with Crippen molar-refractivity contribution in [1.29, 1.82) is 0 Å². The number of fused-ring (bicyclic) bond motifs is 1. The van der Waals surface area contributed by atoms with E-state index in [1.165, 1.54) is 6.07 Å². The zero-order valence-electron chi connectivity index (χ0n) is 7.34. The molecule has 14 heavy (non-hydrogen) atoms. The van der Waals surface area contributed by atoms with E-state index in [1.54, 1.807) is 12.1 Å². The van der Waals surface area contributed by atoms with E-state index in [1.807, 2.05) is 0 Å². The molecule has 1 aromatic carbocycles. The molecule has 0 aromatic heterocycles. The lowest BCUT2D eigenvalue weighted by atomic mass is 9.80. The highest BCUT2D eigenvalue weighted by atomic mass is 16.5. The van der Waals surface area contributed by atoms with E-state index in [4.69, 9.17) is 20.5 Å². The van der Waals surface area contributed by atoms with Crippen LogP contribution in [0.15, 0.2) is 23.2 Å². The average Bonchev–Trinajstić information content (AvgIpc) is 2.16. The second-order valence-corrected chi connectivity index (χ2v) is 2.99. The highest BCUT2D eigenvalue weighted by molar-refractivity contribution is 6.58. The third-order valence-electron chi connectivity index (χ3n) is 1.92. The number of amidine groups is 1. The van der Waals surface area contributed by atoms with Gasteiger partial charge >= 0.3 is 7.12 Å². The number of hydrogen-bond acceptors (Lipinski definition) is 5. The lowest BCUT2D eigenvalue weighted by molar-refractivity contribution is 0.371. The summed E-state index contributed by atoms with van der Waals surface area (Å²) >= 11 is 0. The van der Waals surface area contributed by atoms with Crippen LogP contribution in [0.25, 0.3) is 0 Å². The van der Waals surface area contributed by atoms with Gasteiger partial charge in [-0.15, -0.1) is 0 Å². The Morgan fingerprint density at radius 3 is 2.93 bits per heavy atom. The summed E-state index contributed by atoms with van der Waals surface area (Å²) < 4.78 is 5.25. The molecule has 1 aromatic rings. The van der Waals surface area contributed by atoms with Crippen LogP contribution in [0.5, 0.6) is 5.75 Å². The van der Waals surface area contributed by atoms with Crippen molar-refractivity contribution in [3.05, 3.63) is 18.2 Å². The van der Waals surface area contributed by atoms with Gasteiger partial charge in [0.25, 0.3) is 0 Å². The summed E-state index contributed by atoms with van der Waals surface area (Å²) in [5, 5.41) is 17.9. The van der Waals surface area contributed by atoms with E-state index < -0.39 is 7.12 Å². The van der Waals surface area contributed by atoms with Crippen molar-refractivity contribution in [3.8, 4) is 5.75 Å². The van der Waals surface area contributed by atoms with Gasteiger partial charge in [-0.3, -0.25) is 0 Å². The third kappa shape index (κ3) is 1.57. The minimum absolute atomic E-state index is 0.272. The normalized spacial score (nSPS) is 14.0. The van der Waals surface area contributed by atoms with Crippen LogP contribution in [-0.4, -0.2) is 29.6 Å². The quantitative estimate of drug-likeness (QED) is 0.485. The summed E-state index contributed by atoms with van der Waals surface area (Å²) in [4.78, 5) is 4.04. The Labute approximate surface area is 81.0 Å². The predicted molar refractivity (Wildman–Crippen MR) is 53.0 cm³/mol. The fourth-order valence-electron chi connectivity index (χ4n) is 1.24. The van der Waals surface area contributed by atoms with Crippen LogP contribution in [0.1, 0.15) is 0 Å². The number of benzene rings is 1. The Morgan fingerprint density at radius 2 is 2.21 bits per heavy atom. The van der Waals surface area contributed by atoms with Crippen LogP contribution in [0.2, 0.25) is 0 Å². The molecule has 1 aliphatic rings. The van der Waals surface area contributed by atoms with E-state index in [0.29, 0.717) is 22.7 Å². The van der Waals surface area contributed by atoms with Gasteiger partial charge in [-0.2, -0.15) is 0 Å². The molecule has 6 heteroatoms. The maximum absolute atomic E-state index is 8.93. The van der Waals surface area contributed by atoms with Crippen LogP contribution in [0.3, 0.4) is 0 Å². The van der Waals surface area contributed by atoms with E-state index in [2.05, 4.69) is 4.99 Å². The minimum Gasteiger partial charge on any atom is -0.483 e. The van der Waals surface area contributed by atoms with E-state index in [9.17, 15) is 0 Å². The van der Waals surface area contributed by atoms with Gasteiger partial charge in [0.1, 0.15) is 23.9 Å². The zero-order valence-corrected chi connectivity index (χ0v) is 7.34. The molecular weight excluding hydrogens is 183 g/mol. The number of aliphatic imine (C=N–C) groups is 1. The topological polar surface area (TPSA) is 88.1 Å². The maximum atomic E-state index is 8.93. The largest absolute Gasteiger partial charge is 0.488 e. The zero-order chi connectivity index (χ0) is 10.1. The summed E-state index contributed by atoms with van der Waals surface area (Å²) in [6.07, 6.45) is 0. The Balaban J connectivity index is 2.44. The first-order valence-electron chi connectivity index (χ1n) is 4.13. The van der Waals surface area contributed by atoms with Crippen molar-refractivity contribution in [3.63, 3.8) is 0 Å². The Hall–Kier alpha value is -1.53. The summed E-state index contributed by atoms with van der Waals surface area (Å²) in [5.41, 5.74) is 6.37. The summed E-state index contributed by atoms with van der Waals surface area (Å²) in [6.45, 7) is 0.272. The molecule has 72 valence electrons. The van der Waals surface area contributed by atoms with Gasteiger partial charge in [0.2, 0.25) is 0 Å². The molecule has 0 aliphatic carbocycles. The van der Waals surface area contributed by atoms with Gasteiger partial charge in [0, 0.05) is 0 Å². The molecule has 1 heterocycles. The summed E-state index contributed by atoms with van der Waals surface area (Å²) in [7, 11) is -1.50. The van der Waals surface area contributed by atoms with Crippen LogP contribution < -0.4 is 15.9 Å². The number of hydrogen-bond donors (Lipinski definition) is 3. The number of nitrogens with two attached hydrogens (primary N) is 1. The first kappa shape index (κ1) is 9.05. The van der Waals surface area contributed by atoms with Gasteiger partial charge in [-0.25, -0.2) is 4.99 Å². The van der Waals surface area contributed by atoms with Gasteiger partial charge in [0.15, 0.2) is 0 Å². The molecule has 0 unspecified atom stereocenters. The van der Waals surface area contributed by atoms with Crippen LogP contribution >= 0.6 is 0 Å². The van der Waals surface area contributed by atoms with Crippen molar-refractivity contribution < 1.29 is 14.8 Å². The maximum Gasteiger partial charge on any atom is 0.488 e. The first-order valence-corrected chi connectivity index (χ1v) is 4.13. The lowest BCUT2D eigenvalue weighted by Crippen LogP contribution is -2.30. The van der Waals surface area contributed by atoms with Crippen LogP contribution in [0.4, 0.5) is 5.69 Å². The smallest absolute Gasteiger partial charge is 0.483 e. The second kappa shape index (κ2) is 3.32. The monoisotopic (exact) mass is 192 g/mol. The molecule has 2 rings (SSSR count). The Morgan fingerprint density at radius 1 is 1.43 bits per heavy atom. The second-order valence-electron chi connectivity index (χ2n) is 2.99. The van der Waals surface area contributed by atoms with Gasteiger partial charge in [-0.05, 0) is 17.6 Å². The van der Waals surface area contributed by atoms with Crippen molar-refractivity contribution >= 4 is 24.1 Å². The first-order chi connectivity index (χ1) is 6.66. The highest BCUT2D eigenvalue weighted by Crippen LogP contribution is 2.28. The summed E-state index contributed by atoms with van der Waals surface area (Å²) in [6, 6.07) is 4.74. The minimum atomic E-state index is -1.50. The lowest BCUT2D eigenvalue weighted by Gasteiger charge is -2.15. The standard InChI is InChI=1S/C8H9BN2O3/c10-8-4-14-7-2-1-5(9(12)13)3-6(7)11-8/h1-3,12-13H,4H2,(H2,10,11). The van der Waals surface area contributed by atoms with Crippen molar-refractivity contribution in [2.75, 3.05) is 6.61 Å². The molecule has 1 aliphatic heterocycles. The summed E-state index contributed by atoms with van der Waals surface area (Å²) in [5.74, 6) is 0.977. The predicted octanol–water partition coefficient (Wildman–Crippen LogP) is -1.25. The molecule has 0 saturated carbocycles. The molecule has 4 N–H and O–H groups in total. The van der Waals surface area contributed by atoms with Gasteiger partial charge in [-0.1, -0.05) is 6.07 Å². The van der Waals surface area contributed by atoms with Gasteiger partial charge in [0.05, 0.1) is 0 Å². The third-order valence-corrected chi connectivity index (χ3v) is 1.92. The molecule has 5 nitrogen and oxygen atoms in total. The molecule has 0 amide bonds. The average molecular weight is 192 g/mol.